The fourth-order valence-corrected chi connectivity index (χ4v) is 3.07. The molecule has 4 aromatic rings. The summed E-state index contributed by atoms with van der Waals surface area (Å²) in [7, 11) is 1.07. The topological polar surface area (TPSA) is 86.1 Å². The molecule has 4 rings (SSSR count). The maximum atomic E-state index is 14.1. The second kappa shape index (κ2) is 8.31. The van der Waals surface area contributed by atoms with Crippen LogP contribution in [0.1, 0.15) is 26.3 Å². The highest BCUT2D eigenvalue weighted by atomic mass is 19.1. The number of rotatable bonds is 5. The van der Waals surface area contributed by atoms with E-state index < -0.39 is 29.1 Å². The molecule has 9 heteroatoms. The van der Waals surface area contributed by atoms with Crippen LogP contribution in [0.3, 0.4) is 0 Å². The van der Waals surface area contributed by atoms with Crippen molar-refractivity contribution in [3.05, 3.63) is 89.2 Å². The van der Waals surface area contributed by atoms with Crippen LogP contribution in [0.4, 0.5) is 14.5 Å². The second-order valence-corrected chi connectivity index (χ2v) is 6.68. The van der Waals surface area contributed by atoms with Crippen LogP contribution >= 0.6 is 0 Å². The molecule has 1 amide bonds. The summed E-state index contributed by atoms with van der Waals surface area (Å²) in [6.45, 7) is 0.514. The number of amides is 1. The molecule has 0 saturated heterocycles. The van der Waals surface area contributed by atoms with Crippen molar-refractivity contribution in [2.75, 3.05) is 12.4 Å². The summed E-state index contributed by atoms with van der Waals surface area (Å²) in [5.41, 5.74) is 0.933. The van der Waals surface area contributed by atoms with Gasteiger partial charge in [0.05, 0.1) is 36.7 Å². The maximum Gasteiger partial charge on any atom is 0.340 e. The molecule has 0 aliphatic rings. The van der Waals surface area contributed by atoms with Gasteiger partial charge in [-0.2, -0.15) is 5.10 Å². The van der Waals surface area contributed by atoms with E-state index in [9.17, 15) is 18.4 Å². The average Bonchev–Trinajstić information content (AvgIpc) is 3.17. The number of ether oxygens (including phenoxy) is 1. The predicted octanol–water partition coefficient (Wildman–Crippen LogP) is 3.80. The van der Waals surface area contributed by atoms with E-state index in [0.717, 1.165) is 18.7 Å². The molecule has 0 fully saturated rings. The standard InChI is InChI=1S/C22H16F2N4O3/c1-31-22(30)16-8-19(18(24)9-17(16)23)27-21(29)15-7-14-11-26-28(20(14)25-10-15)12-13-5-3-2-4-6-13/h2-11H,12H2,1H3,(H,27,29). The fraction of sp³-hybridized carbons (Fsp3) is 0.0909. The number of carbonyl (C=O) groups excluding carboxylic acids is 2. The van der Waals surface area contributed by atoms with E-state index in [4.69, 9.17) is 0 Å². The Balaban J connectivity index is 1.58. The van der Waals surface area contributed by atoms with Crippen LogP contribution in [-0.2, 0) is 11.3 Å². The lowest BCUT2D eigenvalue weighted by Gasteiger charge is -2.09. The molecule has 1 N–H and O–H groups in total. The molecule has 0 aliphatic heterocycles. The summed E-state index contributed by atoms with van der Waals surface area (Å²) in [6, 6.07) is 12.7. The molecule has 0 saturated carbocycles. The van der Waals surface area contributed by atoms with Gasteiger partial charge in [0.1, 0.15) is 11.6 Å². The van der Waals surface area contributed by atoms with Gasteiger partial charge in [0.25, 0.3) is 5.91 Å². The van der Waals surface area contributed by atoms with Crippen molar-refractivity contribution in [1.82, 2.24) is 14.8 Å². The number of aromatic nitrogens is 3. The monoisotopic (exact) mass is 422 g/mol. The van der Waals surface area contributed by atoms with Crippen molar-refractivity contribution in [1.29, 1.82) is 0 Å². The van der Waals surface area contributed by atoms with Crippen molar-refractivity contribution in [3.63, 3.8) is 0 Å². The van der Waals surface area contributed by atoms with E-state index in [2.05, 4.69) is 20.1 Å². The van der Waals surface area contributed by atoms with Crippen LogP contribution in [0.2, 0.25) is 0 Å². The third-order valence-corrected chi connectivity index (χ3v) is 4.62. The van der Waals surface area contributed by atoms with Gasteiger partial charge in [0, 0.05) is 17.6 Å². The molecule has 2 aromatic carbocycles. The summed E-state index contributed by atoms with van der Waals surface area (Å²) < 4.78 is 34.1. The lowest BCUT2D eigenvalue weighted by atomic mass is 10.1. The van der Waals surface area contributed by atoms with E-state index in [1.807, 2.05) is 30.3 Å². The number of halogens is 2. The van der Waals surface area contributed by atoms with Gasteiger partial charge in [-0.3, -0.25) is 4.79 Å². The van der Waals surface area contributed by atoms with Gasteiger partial charge in [0.15, 0.2) is 5.65 Å². The van der Waals surface area contributed by atoms with Crippen molar-refractivity contribution in [3.8, 4) is 0 Å². The molecule has 0 atom stereocenters. The molecular weight excluding hydrogens is 406 g/mol. The van der Waals surface area contributed by atoms with Crippen LogP contribution in [0.5, 0.6) is 0 Å². The van der Waals surface area contributed by atoms with Gasteiger partial charge < -0.3 is 10.1 Å². The summed E-state index contributed by atoms with van der Waals surface area (Å²) in [5, 5.41) is 7.26. The number of esters is 1. The molecular formula is C22H16F2N4O3. The molecule has 2 heterocycles. The third-order valence-electron chi connectivity index (χ3n) is 4.62. The quantitative estimate of drug-likeness (QED) is 0.495. The molecule has 7 nitrogen and oxygen atoms in total. The van der Waals surface area contributed by atoms with Crippen molar-refractivity contribution < 1.29 is 23.1 Å². The Hall–Kier alpha value is -4.14. The first-order chi connectivity index (χ1) is 15.0. The highest BCUT2D eigenvalue weighted by Gasteiger charge is 2.19. The van der Waals surface area contributed by atoms with Gasteiger partial charge in [-0.05, 0) is 17.7 Å². The number of benzene rings is 2. The fourth-order valence-electron chi connectivity index (χ4n) is 3.07. The van der Waals surface area contributed by atoms with E-state index in [-0.39, 0.29) is 11.3 Å². The number of methoxy groups -OCH3 is 1. The SMILES string of the molecule is COC(=O)c1cc(NC(=O)c2cnc3c(cnn3Cc3ccccc3)c2)c(F)cc1F. The van der Waals surface area contributed by atoms with Gasteiger partial charge in [-0.1, -0.05) is 30.3 Å². The predicted molar refractivity (Wildman–Crippen MR) is 109 cm³/mol. The van der Waals surface area contributed by atoms with Crippen LogP contribution < -0.4 is 5.32 Å². The number of pyridine rings is 1. The Labute approximate surface area is 175 Å². The van der Waals surface area contributed by atoms with Crippen molar-refractivity contribution in [2.45, 2.75) is 6.54 Å². The first-order valence-corrected chi connectivity index (χ1v) is 9.20. The summed E-state index contributed by atoms with van der Waals surface area (Å²) >= 11 is 0. The summed E-state index contributed by atoms with van der Waals surface area (Å²) in [5.74, 6) is -3.77. The van der Waals surface area contributed by atoms with E-state index in [0.29, 0.717) is 23.6 Å². The summed E-state index contributed by atoms with van der Waals surface area (Å²) in [4.78, 5) is 28.5. The van der Waals surface area contributed by atoms with Crippen LogP contribution in [-0.4, -0.2) is 33.8 Å². The summed E-state index contributed by atoms with van der Waals surface area (Å²) in [6.07, 6.45) is 2.92. The smallest absolute Gasteiger partial charge is 0.340 e. The number of nitrogens with zero attached hydrogens (tertiary/aromatic N) is 3. The van der Waals surface area contributed by atoms with Gasteiger partial charge >= 0.3 is 5.97 Å². The number of fused-ring (bicyclic) bond motifs is 1. The largest absolute Gasteiger partial charge is 0.465 e. The van der Waals surface area contributed by atoms with E-state index in [1.54, 1.807) is 16.9 Å². The Bertz CT molecular complexity index is 1290. The minimum atomic E-state index is -1.09. The van der Waals surface area contributed by atoms with Gasteiger partial charge in [-0.25, -0.2) is 23.2 Å². The van der Waals surface area contributed by atoms with E-state index >= 15 is 0 Å². The van der Waals surface area contributed by atoms with Crippen LogP contribution in [0, 0.1) is 11.6 Å². The molecule has 0 unspecified atom stereocenters. The Kier molecular flexibility index (Phi) is 5.40. The second-order valence-electron chi connectivity index (χ2n) is 6.68. The zero-order valence-electron chi connectivity index (χ0n) is 16.3. The Morgan fingerprint density at radius 2 is 1.84 bits per heavy atom. The Morgan fingerprint density at radius 1 is 1.06 bits per heavy atom. The maximum absolute atomic E-state index is 14.1. The molecule has 31 heavy (non-hydrogen) atoms. The first kappa shape index (κ1) is 20.1. The molecule has 156 valence electrons. The number of nitrogens with one attached hydrogen (secondary N) is 1. The number of carbonyl (C=O) groups is 2. The molecule has 0 radical (unpaired) electrons. The zero-order valence-corrected chi connectivity index (χ0v) is 16.3. The lowest BCUT2D eigenvalue weighted by Crippen LogP contribution is -2.15. The van der Waals surface area contributed by atoms with Crippen molar-refractivity contribution >= 4 is 28.6 Å². The molecule has 0 aliphatic carbocycles. The first-order valence-electron chi connectivity index (χ1n) is 9.20. The average molecular weight is 422 g/mol. The van der Waals surface area contributed by atoms with Gasteiger partial charge in [0.2, 0.25) is 0 Å². The third kappa shape index (κ3) is 4.11. The van der Waals surface area contributed by atoms with E-state index in [1.165, 1.54) is 6.20 Å². The highest BCUT2D eigenvalue weighted by Crippen LogP contribution is 2.22. The van der Waals surface area contributed by atoms with Crippen molar-refractivity contribution in [2.24, 2.45) is 0 Å². The molecule has 0 bridgehead atoms. The van der Waals surface area contributed by atoms with Crippen LogP contribution in [0.15, 0.2) is 60.9 Å². The zero-order chi connectivity index (χ0) is 22.0. The number of anilines is 1. The minimum absolute atomic E-state index is 0.148. The normalized spacial score (nSPS) is 10.8. The Morgan fingerprint density at radius 3 is 2.58 bits per heavy atom. The lowest BCUT2D eigenvalue weighted by molar-refractivity contribution is 0.0595. The van der Waals surface area contributed by atoms with Gasteiger partial charge in [-0.15, -0.1) is 0 Å². The molecule has 0 spiro atoms. The van der Waals surface area contributed by atoms with Crippen LogP contribution in [0.25, 0.3) is 11.0 Å². The number of hydrogen-bond donors (Lipinski definition) is 1. The highest BCUT2D eigenvalue weighted by molar-refractivity contribution is 6.06. The number of hydrogen-bond acceptors (Lipinski definition) is 5. The minimum Gasteiger partial charge on any atom is -0.465 e. The molecule has 2 aromatic heterocycles.